The molecule has 0 aliphatic carbocycles. The van der Waals surface area contributed by atoms with E-state index in [1.54, 1.807) is 54.6 Å². The van der Waals surface area contributed by atoms with E-state index < -0.39 is 11.7 Å². The van der Waals surface area contributed by atoms with Crippen molar-refractivity contribution >= 4 is 43.6 Å². The van der Waals surface area contributed by atoms with E-state index >= 15 is 13.2 Å². The van der Waals surface area contributed by atoms with E-state index in [-0.39, 0.29) is 22.4 Å². The number of benzene rings is 10. The number of aromatic nitrogens is 2. The van der Waals surface area contributed by atoms with Crippen molar-refractivity contribution in [1.82, 2.24) is 9.13 Å². The van der Waals surface area contributed by atoms with Crippen LogP contribution in [0.3, 0.4) is 0 Å². The van der Waals surface area contributed by atoms with Gasteiger partial charge in [-0.1, -0.05) is 78.9 Å². The topological polar surface area (TPSA) is 129 Å². The number of alkyl halides is 3. The maximum absolute atomic E-state index is 16.1. The molecule has 0 N–H and O–H groups in total. The van der Waals surface area contributed by atoms with E-state index in [0.29, 0.717) is 50.0 Å². The molecule has 0 spiro atoms. The van der Waals surface area contributed by atoms with Crippen LogP contribution in [0.5, 0.6) is 0 Å². The van der Waals surface area contributed by atoms with Crippen molar-refractivity contribution in [3.8, 4) is 97.4 Å². The Labute approximate surface area is 433 Å². The summed E-state index contributed by atoms with van der Waals surface area (Å²) in [6, 6.07) is 72.4. The third-order valence-corrected chi connectivity index (χ3v) is 14.1. The Kier molecular flexibility index (Phi) is 11.1. The van der Waals surface area contributed by atoms with Crippen molar-refractivity contribution in [3.63, 3.8) is 0 Å². The SMILES string of the molecule is N#Cc1cccc(-c2ccc3c(c2)c2cc(-c4cccc(C#N)c4)ccc2n3-c2ccc(C#N)cc2-c2c(-n3c4ccc(-c5cccc(C#N)c5)cc4c4cc(-c5cccc(C#N)c5)ccc43)cccc2C(F)(F)F)c1. The number of rotatable bonds is 7. The lowest BCUT2D eigenvalue weighted by Crippen LogP contribution is -2.11. The van der Waals surface area contributed by atoms with Gasteiger partial charge in [-0.15, -0.1) is 0 Å². The van der Waals surface area contributed by atoms with Gasteiger partial charge in [0.1, 0.15) is 0 Å². The van der Waals surface area contributed by atoms with Gasteiger partial charge in [0.15, 0.2) is 0 Å². The fraction of sp³-hybridized carbons (Fsp3) is 0.0152. The zero-order valence-electron chi connectivity index (χ0n) is 39.9. The molecule has 0 amide bonds. The van der Waals surface area contributed by atoms with Gasteiger partial charge in [0.25, 0.3) is 0 Å². The van der Waals surface area contributed by atoms with Gasteiger partial charge in [-0.3, -0.25) is 0 Å². The summed E-state index contributed by atoms with van der Waals surface area (Å²) in [5, 5.41) is 52.7. The summed E-state index contributed by atoms with van der Waals surface area (Å²) < 4.78 is 52.1. The maximum Gasteiger partial charge on any atom is 0.417 e. The highest BCUT2D eigenvalue weighted by atomic mass is 19.4. The molecule has 10 aromatic carbocycles. The van der Waals surface area contributed by atoms with E-state index in [1.807, 2.05) is 143 Å². The Bertz CT molecular complexity index is 4420. The number of nitriles is 5. The quantitative estimate of drug-likeness (QED) is 0.157. The second-order valence-corrected chi connectivity index (χ2v) is 18.4. The summed E-state index contributed by atoms with van der Waals surface area (Å²) in [7, 11) is 0. The van der Waals surface area contributed by atoms with Crippen LogP contribution >= 0.6 is 0 Å². The maximum atomic E-state index is 16.1. The summed E-state index contributed by atoms with van der Waals surface area (Å²) in [6.45, 7) is 0. The molecule has 354 valence electrons. The van der Waals surface area contributed by atoms with Gasteiger partial charge >= 0.3 is 6.18 Å². The Morgan fingerprint density at radius 2 is 0.618 bits per heavy atom. The fourth-order valence-corrected chi connectivity index (χ4v) is 10.6. The van der Waals surface area contributed by atoms with Crippen LogP contribution in [-0.2, 0) is 6.18 Å². The average Bonchev–Trinajstić information content (AvgIpc) is 4.06. The minimum atomic E-state index is -4.87. The summed E-state index contributed by atoms with van der Waals surface area (Å²) in [6.07, 6.45) is -4.87. The van der Waals surface area contributed by atoms with Crippen LogP contribution in [0.15, 0.2) is 206 Å². The number of fused-ring (bicyclic) bond motifs is 6. The Balaban J connectivity index is 1.16. The summed E-state index contributed by atoms with van der Waals surface area (Å²) in [5.74, 6) is 0. The van der Waals surface area contributed by atoms with E-state index in [4.69, 9.17) is 0 Å². The second kappa shape index (κ2) is 18.3. The van der Waals surface area contributed by atoms with Crippen LogP contribution in [0, 0.1) is 56.7 Å². The van der Waals surface area contributed by atoms with Crippen molar-refractivity contribution in [2.24, 2.45) is 0 Å². The zero-order valence-corrected chi connectivity index (χ0v) is 39.9. The molecule has 0 atom stereocenters. The minimum absolute atomic E-state index is 0.150. The number of nitrogens with zero attached hydrogens (tertiary/aromatic N) is 7. The lowest BCUT2D eigenvalue weighted by atomic mass is 9.93. The van der Waals surface area contributed by atoms with Gasteiger partial charge in [0, 0.05) is 32.7 Å². The molecule has 2 heterocycles. The molecule has 76 heavy (non-hydrogen) atoms. The normalized spacial score (nSPS) is 11.3. The Morgan fingerprint density at radius 3 is 0.961 bits per heavy atom. The average molecular weight is 982 g/mol. The first-order valence-electron chi connectivity index (χ1n) is 24.0. The zero-order chi connectivity index (χ0) is 52.2. The predicted molar refractivity (Wildman–Crippen MR) is 291 cm³/mol. The molecule has 0 saturated heterocycles. The van der Waals surface area contributed by atoms with Gasteiger partial charge in [-0.05, 0) is 172 Å². The van der Waals surface area contributed by atoms with Crippen LogP contribution in [0.4, 0.5) is 13.2 Å². The van der Waals surface area contributed by atoms with Crippen LogP contribution in [0.1, 0.15) is 33.4 Å². The lowest BCUT2D eigenvalue weighted by molar-refractivity contribution is -0.137. The van der Waals surface area contributed by atoms with Gasteiger partial charge in [-0.25, -0.2) is 0 Å². The molecule has 0 unspecified atom stereocenters. The Morgan fingerprint density at radius 1 is 0.303 bits per heavy atom. The second-order valence-electron chi connectivity index (χ2n) is 18.4. The molecule has 0 bridgehead atoms. The monoisotopic (exact) mass is 981 g/mol. The molecule has 0 fully saturated rings. The Hall–Kier alpha value is -11.0. The number of halogens is 3. The van der Waals surface area contributed by atoms with Crippen LogP contribution < -0.4 is 0 Å². The lowest BCUT2D eigenvalue weighted by Gasteiger charge is -2.22. The molecule has 0 radical (unpaired) electrons. The number of hydrogen-bond acceptors (Lipinski definition) is 5. The van der Waals surface area contributed by atoms with Gasteiger partial charge in [-0.2, -0.15) is 39.5 Å². The summed E-state index contributed by atoms with van der Waals surface area (Å²) in [5.41, 5.74) is 10.7. The third kappa shape index (κ3) is 7.83. The van der Waals surface area contributed by atoms with E-state index in [9.17, 15) is 26.3 Å². The molecule has 0 aliphatic heterocycles. The first-order valence-corrected chi connectivity index (χ1v) is 24.0. The molecular formula is C66H34F3N7. The minimum Gasteiger partial charge on any atom is -0.309 e. The van der Waals surface area contributed by atoms with E-state index in [0.717, 1.165) is 72.1 Å². The van der Waals surface area contributed by atoms with Crippen molar-refractivity contribution in [1.29, 1.82) is 26.3 Å². The third-order valence-electron chi connectivity index (χ3n) is 14.1. The van der Waals surface area contributed by atoms with Crippen molar-refractivity contribution < 1.29 is 13.2 Å². The highest BCUT2D eigenvalue weighted by Gasteiger charge is 2.37. The first kappa shape index (κ1) is 46.1. The summed E-state index contributed by atoms with van der Waals surface area (Å²) in [4.78, 5) is 0. The smallest absolute Gasteiger partial charge is 0.309 e. The van der Waals surface area contributed by atoms with Crippen LogP contribution in [-0.4, -0.2) is 9.13 Å². The first-order chi connectivity index (χ1) is 37.0. The molecule has 0 saturated carbocycles. The summed E-state index contributed by atoms with van der Waals surface area (Å²) >= 11 is 0. The van der Waals surface area contributed by atoms with Gasteiger partial charge in [0.2, 0.25) is 0 Å². The van der Waals surface area contributed by atoms with E-state index in [1.165, 1.54) is 12.1 Å². The highest BCUT2D eigenvalue weighted by Crippen LogP contribution is 2.48. The van der Waals surface area contributed by atoms with Crippen molar-refractivity contribution in [3.05, 3.63) is 240 Å². The molecule has 7 nitrogen and oxygen atoms in total. The molecule has 12 rings (SSSR count). The highest BCUT2D eigenvalue weighted by molar-refractivity contribution is 6.14. The molecule has 12 aromatic rings. The van der Waals surface area contributed by atoms with Crippen LogP contribution in [0.25, 0.3) is 111 Å². The van der Waals surface area contributed by atoms with Crippen molar-refractivity contribution in [2.75, 3.05) is 0 Å². The largest absolute Gasteiger partial charge is 0.417 e. The fourth-order valence-electron chi connectivity index (χ4n) is 10.6. The molecule has 10 heteroatoms. The van der Waals surface area contributed by atoms with Gasteiger partial charge < -0.3 is 9.13 Å². The van der Waals surface area contributed by atoms with E-state index in [2.05, 4.69) is 30.3 Å². The molecule has 2 aromatic heterocycles. The van der Waals surface area contributed by atoms with Crippen molar-refractivity contribution in [2.45, 2.75) is 6.18 Å². The predicted octanol–water partition coefficient (Wildman–Crippen LogP) is 16.6. The molecular weight excluding hydrogens is 948 g/mol. The van der Waals surface area contributed by atoms with Gasteiger partial charge in [0.05, 0.1) is 97.2 Å². The number of hydrogen-bond donors (Lipinski definition) is 0. The standard InChI is InChI=1S/C66H34F3N7/c67-66(68,69)58-14-5-15-64(76-61-24-19-51(47-12-3-8-42(28-47)37-72)33-55(61)56-34-52(20-25-62(56)76)48-13-4-9-43(29-48)38-73)65(58)57-30-44(39-74)16-21-63(57)75-59-22-17-49(45-10-1-6-40(26-45)35-70)31-53(59)54-32-50(18-23-60(54)75)46-11-2-7-41(27-46)36-71/h1-34H. The van der Waals surface area contributed by atoms with Crippen LogP contribution in [0.2, 0.25) is 0 Å². The molecule has 0 aliphatic rings.